The molecule has 2 N–H and O–H groups in total. The van der Waals surface area contributed by atoms with Gasteiger partial charge in [0, 0.05) is 24.8 Å². The monoisotopic (exact) mass is 460 g/mol. The van der Waals surface area contributed by atoms with Crippen LogP contribution in [0.3, 0.4) is 0 Å². The molecule has 2 heterocycles. The first-order valence-corrected chi connectivity index (χ1v) is 11.3. The van der Waals surface area contributed by atoms with Crippen molar-refractivity contribution < 1.29 is 4.92 Å². The van der Waals surface area contributed by atoms with Crippen molar-refractivity contribution in [2.75, 3.05) is 28.7 Å². The largest absolute Gasteiger partial charge is 0.341 e. The molecule has 0 spiro atoms. The molecule has 0 unspecified atom stereocenters. The molecule has 10 heteroatoms. The number of anilines is 4. The zero-order valence-corrected chi connectivity index (χ0v) is 19.5. The summed E-state index contributed by atoms with van der Waals surface area (Å²) < 4.78 is 0. The second-order valence-electron chi connectivity index (χ2n) is 8.51. The lowest BCUT2D eigenvalue weighted by atomic mass is 10.00. The number of rotatable bonds is 7. The molecule has 4 rings (SSSR count). The van der Waals surface area contributed by atoms with Crippen LogP contribution in [0.5, 0.6) is 0 Å². The maximum Gasteiger partial charge on any atom is 0.278 e. The molecule has 1 aliphatic rings. The van der Waals surface area contributed by atoms with Crippen LogP contribution in [0.1, 0.15) is 36.5 Å². The van der Waals surface area contributed by atoms with Gasteiger partial charge in [-0.1, -0.05) is 31.2 Å². The van der Waals surface area contributed by atoms with Gasteiger partial charge < -0.3 is 10.2 Å². The van der Waals surface area contributed by atoms with Crippen molar-refractivity contribution in [3.8, 4) is 0 Å². The van der Waals surface area contributed by atoms with Gasteiger partial charge >= 0.3 is 0 Å². The average molecular weight is 461 g/mol. The minimum Gasteiger partial charge on any atom is -0.341 e. The second-order valence-corrected chi connectivity index (χ2v) is 8.51. The highest BCUT2D eigenvalue weighted by Gasteiger charge is 2.20. The van der Waals surface area contributed by atoms with Gasteiger partial charge in [-0.05, 0) is 55.9 Å². The smallest absolute Gasteiger partial charge is 0.278 e. The number of benzene rings is 2. The molecule has 10 nitrogen and oxygen atoms in total. The highest BCUT2D eigenvalue weighted by atomic mass is 16.6. The zero-order valence-electron chi connectivity index (χ0n) is 19.5. The lowest BCUT2D eigenvalue weighted by molar-refractivity contribution is -0.385. The van der Waals surface area contributed by atoms with E-state index >= 15 is 0 Å². The van der Waals surface area contributed by atoms with E-state index in [1.165, 1.54) is 12.3 Å². The van der Waals surface area contributed by atoms with E-state index in [9.17, 15) is 10.1 Å². The first-order valence-electron chi connectivity index (χ1n) is 11.3. The fourth-order valence-corrected chi connectivity index (χ4v) is 3.75. The molecule has 1 saturated heterocycles. The molecule has 1 aliphatic heterocycles. The fourth-order valence-electron chi connectivity index (χ4n) is 3.75. The number of hydrogen-bond donors (Lipinski definition) is 2. The van der Waals surface area contributed by atoms with Crippen molar-refractivity contribution in [3.05, 3.63) is 69.3 Å². The zero-order chi connectivity index (χ0) is 24.1. The number of nitro benzene ring substituents is 1. The lowest BCUT2D eigenvalue weighted by Crippen LogP contribution is -2.34. The van der Waals surface area contributed by atoms with Crippen molar-refractivity contribution in [2.45, 2.75) is 33.6 Å². The average Bonchev–Trinajstić information content (AvgIpc) is 2.82. The number of aromatic nitrogens is 3. The summed E-state index contributed by atoms with van der Waals surface area (Å²) in [4.78, 5) is 26.7. The molecule has 0 amide bonds. The Labute approximate surface area is 198 Å². The van der Waals surface area contributed by atoms with Crippen molar-refractivity contribution in [3.63, 3.8) is 0 Å². The standard InChI is InChI=1S/C24H28N8O2/c1-16-11-13-31(14-12-16)24-28-22(26-20-9-6-7-17(2)18(20)3)27-23(29-24)30-25-15-19-8-4-5-10-21(19)32(33)34/h4-10,15-16H,11-14H2,1-3H3,(H2,26,27,28,29,30)/b25-15+. The molecule has 0 aliphatic carbocycles. The van der Waals surface area contributed by atoms with Crippen molar-refractivity contribution in [1.82, 2.24) is 15.0 Å². The molecular formula is C24H28N8O2. The predicted molar refractivity (Wildman–Crippen MR) is 134 cm³/mol. The Balaban J connectivity index is 1.62. The number of nitrogens with zero attached hydrogens (tertiary/aromatic N) is 6. The fraction of sp³-hybridized carbons (Fsp3) is 0.333. The molecule has 2 aromatic carbocycles. The van der Waals surface area contributed by atoms with Gasteiger partial charge in [-0.25, -0.2) is 5.43 Å². The molecule has 34 heavy (non-hydrogen) atoms. The number of nitro groups is 1. The Kier molecular flexibility index (Phi) is 6.95. The third-order valence-corrected chi connectivity index (χ3v) is 6.04. The van der Waals surface area contributed by atoms with E-state index in [1.807, 2.05) is 19.1 Å². The van der Waals surface area contributed by atoms with Crippen LogP contribution in [0, 0.1) is 29.9 Å². The topological polar surface area (TPSA) is 121 Å². The molecule has 0 atom stereocenters. The second kappa shape index (κ2) is 10.2. The molecule has 1 fully saturated rings. The van der Waals surface area contributed by atoms with Gasteiger partial charge in [0.2, 0.25) is 17.8 Å². The summed E-state index contributed by atoms with van der Waals surface area (Å²) in [5, 5.41) is 18.7. The number of aryl methyl sites for hydroxylation is 1. The minimum atomic E-state index is -0.439. The van der Waals surface area contributed by atoms with Crippen molar-refractivity contribution in [1.29, 1.82) is 0 Å². The minimum absolute atomic E-state index is 0.0240. The number of hydrazone groups is 1. The van der Waals surface area contributed by atoms with Crippen LogP contribution in [0.15, 0.2) is 47.6 Å². The third kappa shape index (κ3) is 5.45. The highest BCUT2D eigenvalue weighted by Crippen LogP contribution is 2.25. The van der Waals surface area contributed by atoms with E-state index in [-0.39, 0.29) is 11.6 Å². The predicted octanol–water partition coefficient (Wildman–Crippen LogP) is 4.82. The Bertz CT molecular complexity index is 1210. The molecule has 176 valence electrons. The van der Waals surface area contributed by atoms with Crippen molar-refractivity contribution in [2.24, 2.45) is 11.0 Å². The SMILES string of the molecule is Cc1cccc(Nc2nc(N/N=C/c3ccccc3[N+](=O)[O-])nc(N3CCC(C)CC3)n2)c1C. The Morgan fingerprint density at radius 3 is 2.56 bits per heavy atom. The van der Waals surface area contributed by atoms with Gasteiger partial charge in [-0.15, -0.1) is 0 Å². The summed E-state index contributed by atoms with van der Waals surface area (Å²) in [5.41, 5.74) is 6.37. The van der Waals surface area contributed by atoms with Gasteiger partial charge in [0.05, 0.1) is 16.7 Å². The Morgan fingerprint density at radius 2 is 1.79 bits per heavy atom. The number of nitrogens with one attached hydrogen (secondary N) is 2. The molecule has 1 aromatic heterocycles. The number of para-hydroxylation sites is 1. The van der Waals surface area contributed by atoms with Crippen LogP contribution in [0.2, 0.25) is 0 Å². The highest BCUT2D eigenvalue weighted by molar-refractivity contribution is 5.85. The summed E-state index contributed by atoms with van der Waals surface area (Å²) in [7, 11) is 0. The molecular weight excluding hydrogens is 432 g/mol. The lowest BCUT2D eigenvalue weighted by Gasteiger charge is -2.30. The van der Waals surface area contributed by atoms with E-state index < -0.39 is 4.92 Å². The van der Waals surface area contributed by atoms with E-state index in [4.69, 9.17) is 0 Å². The first-order chi connectivity index (χ1) is 16.4. The van der Waals surface area contributed by atoms with Gasteiger partial charge in [0.25, 0.3) is 5.69 Å². The summed E-state index contributed by atoms with van der Waals surface area (Å²) in [5.74, 6) is 1.90. The maximum atomic E-state index is 11.2. The summed E-state index contributed by atoms with van der Waals surface area (Å²) >= 11 is 0. The van der Waals surface area contributed by atoms with Gasteiger partial charge in [-0.3, -0.25) is 10.1 Å². The summed E-state index contributed by atoms with van der Waals surface area (Å²) in [6, 6.07) is 12.4. The van der Waals surface area contributed by atoms with E-state index in [0.717, 1.165) is 42.7 Å². The number of hydrogen-bond acceptors (Lipinski definition) is 9. The molecule has 3 aromatic rings. The molecule has 0 bridgehead atoms. The van der Waals surface area contributed by atoms with Crippen LogP contribution in [-0.2, 0) is 0 Å². The van der Waals surface area contributed by atoms with Crippen molar-refractivity contribution >= 4 is 35.4 Å². The molecule has 0 radical (unpaired) electrons. The summed E-state index contributed by atoms with van der Waals surface area (Å²) in [6.07, 6.45) is 3.54. The van der Waals surface area contributed by atoms with Crippen LogP contribution < -0.4 is 15.6 Å². The Hall–Kier alpha value is -4.08. The van der Waals surface area contributed by atoms with Crippen LogP contribution in [0.4, 0.5) is 29.2 Å². The maximum absolute atomic E-state index is 11.2. The molecule has 0 saturated carbocycles. The summed E-state index contributed by atoms with van der Waals surface area (Å²) in [6.45, 7) is 8.09. The van der Waals surface area contributed by atoms with E-state index in [2.05, 4.69) is 55.6 Å². The van der Waals surface area contributed by atoms with E-state index in [0.29, 0.717) is 23.4 Å². The van der Waals surface area contributed by atoms with Crippen LogP contribution in [0.25, 0.3) is 0 Å². The third-order valence-electron chi connectivity index (χ3n) is 6.04. The number of piperidine rings is 1. The van der Waals surface area contributed by atoms with E-state index in [1.54, 1.807) is 18.2 Å². The van der Waals surface area contributed by atoms with Gasteiger partial charge in [-0.2, -0.15) is 20.1 Å². The van der Waals surface area contributed by atoms with Crippen LogP contribution >= 0.6 is 0 Å². The first kappa shape index (κ1) is 23.1. The van der Waals surface area contributed by atoms with Crippen LogP contribution in [-0.4, -0.2) is 39.2 Å². The normalized spacial score (nSPS) is 14.4. The van der Waals surface area contributed by atoms with Gasteiger partial charge in [0.15, 0.2) is 0 Å². The Morgan fingerprint density at radius 1 is 1.06 bits per heavy atom. The quantitative estimate of drug-likeness (QED) is 0.292. The van der Waals surface area contributed by atoms with Gasteiger partial charge in [0.1, 0.15) is 0 Å².